The third-order valence-electron chi connectivity index (χ3n) is 2.07. The van der Waals surface area contributed by atoms with Gasteiger partial charge in [-0.1, -0.05) is 5.92 Å². The van der Waals surface area contributed by atoms with Crippen molar-refractivity contribution < 1.29 is 4.92 Å². The summed E-state index contributed by atoms with van der Waals surface area (Å²) in [7, 11) is 0. The van der Waals surface area contributed by atoms with Crippen LogP contribution in [0.3, 0.4) is 0 Å². The van der Waals surface area contributed by atoms with Crippen molar-refractivity contribution in [1.29, 1.82) is 0 Å². The fourth-order valence-electron chi connectivity index (χ4n) is 1.29. The Morgan fingerprint density at radius 3 is 3.10 bits per heavy atom. The standard InChI is InChI=1S/C12H16N4O2S2/c1-3-4-13-11(7-16(17)18)14-5-6-19-9-12-15-10(2)8-20-12/h1,7-8,13-14H,4-6,9H2,2H3/b11-7-. The van der Waals surface area contributed by atoms with Gasteiger partial charge in [-0.3, -0.25) is 10.1 Å². The van der Waals surface area contributed by atoms with Crippen LogP contribution in [0.2, 0.25) is 0 Å². The average molecular weight is 312 g/mol. The van der Waals surface area contributed by atoms with Gasteiger partial charge in [0.05, 0.1) is 11.5 Å². The molecular formula is C12H16N4O2S2. The van der Waals surface area contributed by atoms with Crippen molar-refractivity contribution in [2.75, 3.05) is 18.8 Å². The summed E-state index contributed by atoms with van der Waals surface area (Å²) < 4.78 is 0. The van der Waals surface area contributed by atoms with Gasteiger partial charge in [-0.15, -0.1) is 17.8 Å². The Hall–Kier alpha value is -1.72. The van der Waals surface area contributed by atoms with Gasteiger partial charge in [0.2, 0.25) is 0 Å². The summed E-state index contributed by atoms with van der Waals surface area (Å²) in [5.74, 6) is 4.38. The second-order valence-electron chi connectivity index (χ2n) is 3.75. The van der Waals surface area contributed by atoms with E-state index in [1.54, 1.807) is 23.1 Å². The first-order valence-corrected chi connectivity index (χ1v) is 7.90. The van der Waals surface area contributed by atoms with E-state index in [0.29, 0.717) is 12.4 Å². The Bertz CT molecular complexity index is 508. The molecule has 1 heterocycles. The summed E-state index contributed by atoms with van der Waals surface area (Å²) in [6.45, 7) is 2.84. The van der Waals surface area contributed by atoms with Gasteiger partial charge in [0.25, 0.3) is 6.20 Å². The number of nitrogens with one attached hydrogen (secondary N) is 2. The van der Waals surface area contributed by atoms with Crippen LogP contribution in [0.1, 0.15) is 10.7 Å². The highest BCUT2D eigenvalue weighted by atomic mass is 32.2. The molecule has 2 N–H and O–H groups in total. The van der Waals surface area contributed by atoms with E-state index in [9.17, 15) is 10.1 Å². The van der Waals surface area contributed by atoms with Crippen LogP contribution in [0.15, 0.2) is 17.4 Å². The number of terminal acetylenes is 1. The Kier molecular flexibility index (Phi) is 7.54. The molecule has 0 fully saturated rings. The van der Waals surface area contributed by atoms with Crippen LogP contribution >= 0.6 is 23.1 Å². The molecule has 0 spiro atoms. The average Bonchev–Trinajstić information content (AvgIpc) is 2.80. The molecule has 0 aliphatic carbocycles. The lowest BCUT2D eigenvalue weighted by molar-refractivity contribution is -0.404. The van der Waals surface area contributed by atoms with Crippen LogP contribution in [-0.2, 0) is 5.75 Å². The van der Waals surface area contributed by atoms with Crippen molar-refractivity contribution >= 4 is 23.1 Å². The number of hydrogen-bond donors (Lipinski definition) is 2. The van der Waals surface area contributed by atoms with Crippen LogP contribution in [0.25, 0.3) is 0 Å². The van der Waals surface area contributed by atoms with Gasteiger partial charge in [0.1, 0.15) is 5.01 Å². The molecule has 0 aliphatic heterocycles. The second-order valence-corrected chi connectivity index (χ2v) is 5.80. The number of thioether (sulfide) groups is 1. The zero-order chi connectivity index (χ0) is 14.8. The third-order valence-corrected chi connectivity index (χ3v) is 4.19. The second kappa shape index (κ2) is 9.23. The molecule has 0 aliphatic rings. The number of rotatable bonds is 9. The monoisotopic (exact) mass is 312 g/mol. The van der Waals surface area contributed by atoms with Gasteiger partial charge in [-0.2, -0.15) is 11.8 Å². The topological polar surface area (TPSA) is 80.1 Å². The highest BCUT2D eigenvalue weighted by Crippen LogP contribution is 2.15. The summed E-state index contributed by atoms with van der Waals surface area (Å²) in [5.41, 5.74) is 1.04. The molecule has 0 saturated carbocycles. The molecule has 20 heavy (non-hydrogen) atoms. The quantitative estimate of drug-likeness (QED) is 0.312. The first kappa shape index (κ1) is 16.3. The lowest BCUT2D eigenvalue weighted by Gasteiger charge is -2.08. The number of nitrogens with zero attached hydrogens (tertiary/aromatic N) is 2. The fraction of sp³-hybridized carbons (Fsp3) is 0.417. The number of aromatic nitrogens is 1. The number of aryl methyl sites for hydroxylation is 1. The lowest BCUT2D eigenvalue weighted by Crippen LogP contribution is -2.29. The molecule has 0 radical (unpaired) electrons. The minimum Gasteiger partial charge on any atom is -0.366 e. The molecule has 8 heteroatoms. The molecule has 0 unspecified atom stereocenters. The van der Waals surface area contributed by atoms with Crippen molar-refractivity contribution in [1.82, 2.24) is 15.6 Å². The fourth-order valence-corrected chi connectivity index (χ4v) is 3.00. The highest BCUT2D eigenvalue weighted by molar-refractivity contribution is 7.98. The van der Waals surface area contributed by atoms with Crippen molar-refractivity contribution in [2.24, 2.45) is 0 Å². The maximum Gasteiger partial charge on any atom is 0.274 e. The Morgan fingerprint density at radius 1 is 1.70 bits per heavy atom. The van der Waals surface area contributed by atoms with E-state index in [2.05, 4.69) is 21.5 Å². The summed E-state index contributed by atoms with van der Waals surface area (Å²) in [5, 5.41) is 19.3. The van der Waals surface area contributed by atoms with Gasteiger partial charge in [-0.25, -0.2) is 4.98 Å². The van der Waals surface area contributed by atoms with Crippen LogP contribution in [0, 0.1) is 29.4 Å². The summed E-state index contributed by atoms with van der Waals surface area (Å²) in [6.07, 6.45) is 5.98. The summed E-state index contributed by atoms with van der Waals surface area (Å²) >= 11 is 3.37. The number of nitro groups is 1. The number of hydrogen-bond acceptors (Lipinski definition) is 7. The van der Waals surface area contributed by atoms with Crippen LogP contribution in [-0.4, -0.2) is 28.7 Å². The van der Waals surface area contributed by atoms with Crippen molar-refractivity contribution in [3.63, 3.8) is 0 Å². The molecule has 1 aromatic heterocycles. The summed E-state index contributed by atoms with van der Waals surface area (Å²) in [6, 6.07) is 0. The minimum atomic E-state index is -0.517. The molecule has 108 valence electrons. The smallest absolute Gasteiger partial charge is 0.274 e. The minimum absolute atomic E-state index is 0.248. The normalized spacial score (nSPS) is 10.9. The zero-order valence-corrected chi connectivity index (χ0v) is 12.7. The predicted molar refractivity (Wildman–Crippen MR) is 82.9 cm³/mol. The molecule has 1 rings (SSSR count). The van der Waals surface area contributed by atoms with E-state index < -0.39 is 4.92 Å². The third kappa shape index (κ3) is 7.01. The molecule has 6 nitrogen and oxygen atoms in total. The molecule has 0 atom stereocenters. The lowest BCUT2D eigenvalue weighted by atomic mass is 10.6. The Balaban J connectivity index is 2.23. The molecule has 0 aromatic carbocycles. The Morgan fingerprint density at radius 2 is 2.50 bits per heavy atom. The van der Waals surface area contributed by atoms with Gasteiger partial charge in [0.15, 0.2) is 5.82 Å². The predicted octanol–water partition coefficient (Wildman–Crippen LogP) is 1.57. The molecular weight excluding hydrogens is 296 g/mol. The van der Waals surface area contributed by atoms with Crippen LogP contribution in [0.5, 0.6) is 0 Å². The van der Waals surface area contributed by atoms with Gasteiger partial charge >= 0.3 is 0 Å². The molecule has 0 amide bonds. The largest absolute Gasteiger partial charge is 0.366 e. The first-order valence-electron chi connectivity index (χ1n) is 5.87. The zero-order valence-electron chi connectivity index (χ0n) is 11.1. The van der Waals surface area contributed by atoms with E-state index in [4.69, 9.17) is 6.42 Å². The van der Waals surface area contributed by atoms with E-state index >= 15 is 0 Å². The molecule has 0 bridgehead atoms. The van der Waals surface area contributed by atoms with Crippen LogP contribution < -0.4 is 10.6 Å². The molecule has 1 aromatic rings. The molecule has 0 saturated heterocycles. The Labute approximate surface area is 126 Å². The van der Waals surface area contributed by atoms with Gasteiger partial charge < -0.3 is 10.6 Å². The van der Waals surface area contributed by atoms with Crippen molar-refractivity contribution in [2.45, 2.75) is 12.7 Å². The number of thiazole rings is 1. The maximum atomic E-state index is 10.4. The first-order chi connectivity index (χ1) is 9.61. The van der Waals surface area contributed by atoms with Gasteiger partial charge in [-0.05, 0) is 6.92 Å². The van der Waals surface area contributed by atoms with E-state index in [0.717, 1.165) is 28.4 Å². The van der Waals surface area contributed by atoms with Crippen molar-refractivity contribution in [3.8, 4) is 12.3 Å². The van der Waals surface area contributed by atoms with E-state index in [-0.39, 0.29) is 6.54 Å². The summed E-state index contributed by atoms with van der Waals surface area (Å²) in [4.78, 5) is 14.3. The maximum absolute atomic E-state index is 10.4. The van der Waals surface area contributed by atoms with Gasteiger partial charge in [0, 0.05) is 29.1 Å². The van der Waals surface area contributed by atoms with E-state index in [1.165, 1.54) is 0 Å². The van der Waals surface area contributed by atoms with Crippen molar-refractivity contribution in [3.05, 3.63) is 38.2 Å². The SMILES string of the molecule is C#CCN/C(=C/[N+](=O)[O-])NCCSCc1nc(C)cs1. The van der Waals surface area contributed by atoms with Crippen LogP contribution in [0.4, 0.5) is 0 Å². The highest BCUT2D eigenvalue weighted by Gasteiger charge is 2.02. The van der Waals surface area contributed by atoms with E-state index in [1.807, 2.05) is 12.3 Å².